The number of benzene rings is 2. The number of guanidine groups is 1. The van der Waals surface area contributed by atoms with Gasteiger partial charge in [-0.25, -0.2) is 0 Å². The maximum Gasteiger partial charge on any atom is 0.280 e. The summed E-state index contributed by atoms with van der Waals surface area (Å²) in [7, 11) is 0. The van der Waals surface area contributed by atoms with Crippen LogP contribution in [0.5, 0.6) is 0 Å². The van der Waals surface area contributed by atoms with Crippen molar-refractivity contribution in [1.82, 2.24) is 4.57 Å². The first-order valence-corrected chi connectivity index (χ1v) is 7.65. The summed E-state index contributed by atoms with van der Waals surface area (Å²) in [6, 6.07) is 9.92. The van der Waals surface area contributed by atoms with E-state index in [2.05, 4.69) is 4.99 Å². The molecule has 25 heavy (non-hydrogen) atoms. The Balaban J connectivity index is 2.34. The highest BCUT2D eigenvalue weighted by molar-refractivity contribution is 6.11. The van der Waals surface area contributed by atoms with Gasteiger partial charge in [0.15, 0.2) is 5.96 Å². The minimum Gasteiger partial charge on any atom is -0.370 e. The SMILES string of the molecule is CC(C)n1c2ccc([N+](=O)[O-])cc2c2ccc(C(=O)N=C(N)N)cc21. The topological polar surface area (TPSA) is 130 Å². The summed E-state index contributed by atoms with van der Waals surface area (Å²) in [5.41, 5.74) is 12.6. The van der Waals surface area contributed by atoms with Crippen LogP contribution in [0, 0.1) is 10.1 Å². The van der Waals surface area contributed by atoms with Crippen LogP contribution >= 0.6 is 0 Å². The Hall–Kier alpha value is -3.42. The Labute approximate surface area is 142 Å². The van der Waals surface area contributed by atoms with E-state index in [9.17, 15) is 14.9 Å². The molecule has 1 amide bonds. The third-order valence-electron chi connectivity index (χ3n) is 3.99. The predicted molar refractivity (Wildman–Crippen MR) is 96.6 cm³/mol. The van der Waals surface area contributed by atoms with Gasteiger partial charge in [0.25, 0.3) is 11.6 Å². The average Bonchev–Trinajstić information content (AvgIpc) is 2.86. The van der Waals surface area contributed by atoms with E-state index in [4.69, 9.17) is 11.5 Å². The number of nitro groups is 1. The van der Waals surface area contributed by atoms with Crippen LogP contribution in [0.2, 0.25) is 0 Å². The molecule has 3 aromatic rings. The van der Waals surface area contributed by atoms with E-state index in [1.165, 1.54) is 6.07 Å². The highest BCUT2D eigenvalue weighted by Gasteiger charge is 2.17. The number of nitrogens with zero attached hydrogens (tertiary/aromatic N) is 3. The summed E-state index contributed by atoms with van der Waals surface area (Å²) in [6.07, 6.45) is 0. The van der Waals surface area contributed by atoms with E-state index in [1.807, 2.05) is 18.4 Å². The van der Waals surface area contributed by atoms with Gasteiger partial charge < -0.3 is 16.0 Å². The number of nitro benzene ring substituents is 1. The van der Waals surface area contributed by atoms with Gasteiger partial charge in [0.2, 0.25) is 0 Å². The first-order chi connectivity index (χ1) is 11.8. The van der Waals surface area contributed by atoms with Gasteiger partial charge in [-0.2, -0.15) is 4.99 Å². The molecule has 1 aromatic heterocycles. The smallest absolute Gasteiger partial charge is 0.280 e. The number of aliphatic imine (C=N–C) groups is 1. The molecule has 0 aliphatic rings. The second-order valence-corrected chi connectivity index (χ2v) is 6.00. The highest BCUT2D eigenvalue weighted by atomic mass is 16.6. The van der Waals surface area contributed by atoms with Crippen molar-refractivity contribution in [3.05, 3.63) is 52.1 Å². The van der Waals surface area contributed by atoms with Crippen molar-refractivity contribution in [2.24, 2.45) is 16.5 Å². The van der Waals surface area contributed by atoms with E-state index >= 15 is 0 Å². The third-order valence-corrected chi connectivity index (χ3v) is 3.99. The molecular weight excluding hydrogens is 322 g/mol. The predicted octanol–water partition coefficient (Wildman–Crippen LogP) is 2.70. The molecule has 0 fully saturated rings. The third kappa shape index (κ3) is 2.78. The number of carbonyl (C=O) groups excluding carboxylic acids is 1. The molecule has 128 valence electrons. The number of amides is 1. The second kappa shape index (κ2) is 5.90. The molecule has 2 aromatic carbocycles. The zero-order valence-electron chi connectivity index (χ0n) is 13.8. The number of fused-ring (bicyclic) bond motifs is 3. The van der Waals surface area contributed by atoms with Gasteiger partial charge >= 0.3 is 0 Å². The first kappa shape index (κ1) is 16.4. The molecule has 8 heteroatoms. The summed E-state index contributed by atoms with van der Waals surface area (Å²) in [4.78, 5) is 26.3. The van der Waals surface area contributed by atoms with Crippen molar-refractivity contribution in [1.29, 1.82) is 0 Å². The Morgan fingerprint density at radius 3 is 2.44 bits per heavy atom. The fourth-order valence-corrected chi connectivity index (χ4v) is 3.02. The van der Waals surface area contributed by atoms with E-state index in [-0.39, 0.29) is 17.7 Å². The highest BCUT2D eigenvalue weighted by Crippen LogP contribution is 2.34. The Morgan fingerprint density at radius 2 is 1.84 bits per heavy atom. The van der Waals surface area contributed by atoms with Crippen LogP contribution in [0.3, 0.4) is 0 Å². The zero-order chi connectivity index (χ0) is 18.3. The van der Waals surface area contributed by atoms with Crippen LogP contribution in [-0.4, -0.2) is 21.4 Å². The van der Waals surface area contributed by atoms with Gasteiger partial charge in [-0.15, -0.1) is 0 Å². The fourth-order valence-electron chi connectivity index (χ4n) is 3.02. The Morgan fingerprint density at radius 1 is 1.12 bits per heavy atom. The Kier molecular flexibility index (Phi) is 3.88. The van der Waals surface area contributed by atoms with E-state index in [1.54, 1.807) is 30.3 Å². The van der Waals surface area contributed by atoms with Crippen molar-refractivity contribution in [3.8, 4) is 0 Å². The standard InChI is InChI=1S/C17H17N5O3/c1-9(2)21-14-6-4-11(22(24)25)8-13(14)12-5-3-10(7-15(12)21)16(23)20-17(18)19/h3-9H,1-2H3,(H4,18,19,20,23). The molecule has 3 rings (SSSR count). The van der Waals surface area contributed by atoms with Crippen molar-refractivity contribution in [2.75, 3.05) is 0 Å². The largest absolute Gasteiger partial charge is 0.370 e. The monoisotopic (exact) mass is 339 g/mol. The van der Waals surface area contributed by atoms with Gasteiger partial charge in [0.1, 0.15) is 0 Å². The lowest BCUT2D eigenvalue weighted by Gasteiger charge is -2.11. The van der Waals surface area contributed by atoms with Crippen LogP contribution < -0.4 is 11.5 Å². The summed E-state index contributed by atoms with van der Waals surface area (Å²) >= 11 is 0. The van der Waals surface area contributed by atoms with E-state index < -0.39 is 10.8 Å². The van der Waals surface area contributed by atoms with Gasteiger partial charge in [0.05, 0.1) is 10.4 Å². The maximum absolute atomic E-state index is 12.1. The molecule has 0 saturated carbocycles. The number of aromatic nitrogens is 1. The molecule has 0 saturated heterocycles. The van der Waals surface area contributed by atoms with Crippen molar-refractivity contribution >= 4 is 39.4 Å². The lowest BCUT2D eigenvalue weighted by Crippen LogP contribution is -2.24. The molecule has 0 aliphatic carbocycles. The van der Waals surface area contributed by atoms with Crippen LogP contribution in [0.1, 0.15) is 30.2 Å². The second-order valence-electron chi connectivity index (χ2n) is 6.00. The van der Waals surface area contributed by atoms with Crippen molar-refractivity contribution in [2.45, 2.75) is 19.9 Å². The van der Waals surface area contributed by atoms with Crippen molar-refractivity contribution < 1.29 is 9.72 Å². The van der Waals surface area contributed by atoms with E-state index in [0.29, 0.717) is 5.56 Å². The van der Waals surface area contributed by atoms with Crippen LogP contribution in [0.15, 0.2) is 41.4 Å². The molecule has 0 spiro atoms. The first-order valence-electron chi connectivity index (χ1n) is 7.65. The minimum atomic E-state index is -0.534. The maximum atomic E-state index is 12.1. The average molecular weight is 339 g/mol. The molecular formula is C17H17N5O3. The summed E-state index contributed by atoms with van der Waals surface area (Å²) < 4.78 is 2.03. The Bertz CT molecular complexity index is 1050. The molecule has 0 bridgehead atoms. The molecule has 4 N–H and O–H groups in total. The quantitative estimate of drug-likeness (QED) is 0.328. The number of carbonyl (C=O) groups is 1. The lowest BCUT2D eigenvalue weighted by atomic mass is 10.1. The molecule has 0 aliphatic heterocycles. The molecule has 1 heterocycles. The summed E-state index contributed by atoms with van der Waals surface area (Å²) in [6.45, 7) is 4.01. The lowest BCUT2D eigenvalue weighted by molar-refractivity contribution is -0.384. The van der Waals surface area contributed by atoms with Crippen LogP contribution in [0.4, 0.5) is 5.69 Å². The summed E-state index contributed by atoms with van der Waals surface area (Å²) in [5, 5.41) is 12.7. The normalized spacial score (nSPS) is 11.2. The number of hydrogen-bond acceptors (Lipinski definition) is 3. The van der Waals surface area contributed by atoms with Gasteiger partial charge in [-0.3, -0.25) is 14.9 Å². The molecule has 8 nitrogen and oxygen atoms in total. The number of rotatable bonds is 3. The van der Waals surface area contributed by atoms with Crippen LogP contribution in [-0.2, 0) is 0 Å². The van der Waals surface area contributed by atoms with Crippen LogP contribution in [0.25, 0.3) is 21.8 Å². The fraction of sp³-hybridized carbons (Fsp3) is 0.176. The van der Waals surface area contributed by atoms with Crippen molar-refractivity contribution in [3.63, 3.8) is 0 Å². The van der Waals surface area contributed by atoms with Gasteiger partial charge in [-0.1, -0.05) is 6.07 Å². The number of nitrogens with two attached hydrogens (primary N) is 2. The van der Waals surface area contributed by atoms with Gasteiger partial charge in [-0.05, 0) is 32.0 Å². The number of non-ortho nitro benzene ring substituents is 1. The zero-order valence-corrected chi connectivity index (χ0v) is 13.8. The summed E-state index contributed by atoms with van der Waals surface area (Å²) in [5.74, 6) is -0.835. The minimum absolute atomic E-state index is 0.0240. The molecule has 0 atom stereocenters. The molecule has 0 unspecified atom stereocenters. The van der Waals surface area contributed by atoms with E-state index in [0.717, 1.165) is 21.8 Å². The number of hydrogen-bond donors (Lipinski definition) is 2. The molecule has 0 radical (unpaired) electrons. The van der Waals surface area contributed by atoms with Gasteiger partial charge in [0, 0.05) is 40.0 Å².